The van der Waals surface area contributed by atoms with E-state index in [2.05, 4.69) is 6.58 Å². The van der Waals surface area contributed by atoms with E-state index in [1.54, 1.807) is 29.2 Å². The van der Waals surface area contributed by atoms with Gasteiger partial charge in [-0.3, -0.25) is 14.4 Å². The lowest BCUT2D eigenvalue weighted by molar-refractivity contribution is -0.133. The van der Waals surface area contributed by atoms with Crippen LogP contribution in [-0.4, -0.2) is 48.3 Å². The molecular formula is C23H22N2O5. The molecule has 0 saturated carbocycles. The first-order valence-corrected chi connectivity index (χ1v) is 9.50. The van der Waals surface area contributed by atoms with Crippen LogP contribution in [0.4, 0.5) is 5.69 Å². The molecule has 3 rings (SSSR count). The molecular weight excluding hydrogens is 384 g/mol. The molecule has 1 heterocycles. The largest absolute Gasteiger partial charge is 0.452 e. The maximum Gasteiger partial charge on any atom is 0.338 e. The topological polar surface area (TPSA) is 84.0 Å². The quantitative estimate of drug-likeness (QED) is 0.401. The van der Waals surface area contributed by atoms with Gasteiger partial charge in [-0.05, 0) is 50.2 Å². The minimum Gasteiger partial charge on any atom is -0.452 e. The molecule has 0 unspecified atom stereocenters. The van der Waals surface area contributed by atoms with Crippen LogP contribution in [-0.2, 0) is 9.53 Å². The van der Waals surface area contributed by atoms with E-state index in [0.717, 1.165) is 10.5 Å². The lowest BCUT2D eigenvalue weighted by Gasteiger charge is -2.20. The highest BCUT2D eigenvalue weighted by Crippen LogP contribution is 2.28. The summed E-state index contributed by atoms with van der Waals surface area (Å²) in [4.78, 5) is 52.1. The van der Waals surface area contributed by atoms with Gasteiger partial charge in [0.05, 0.1) is 22.4 Å². The zero-order valence-corrected chi connectivity index (χ0v) is 16.9. The van der Waals surface area contributed by atoms with Crippen molar-refractivity contribution in [3.63, 3.8) is 0 Å². The molecule has 0 aliphatic carbocycles. The Labute approximate surface area is 174 Å². The molecule has 2 aromatic carbocycles. The summed E-state index contributed by atoms with van der Waals surface area (Å²) in [5.41, 5.74) is 2.10. The molecule has 0 fully saturated rings. The summed E-state index contributed by atoms with van der Waals surface area (Å²) >= 11 is 0. The molecule has 0 aromatic heterocycles. The SMILES string of the molecule is C=C(C)CN(CC)C(=O)COC(=O)c1ccc(N2C(=O)c3ccccc3C2=O)cc1. The Bertz CT molecular complexity index is 991. The number of amides is 3. The maximum atomic E-state index is 12.5. The van der Waals surface area contributed by atoms with Gasteiger partial charge in [0.15, 0.2) is 6.61 Å². The van der Waals surface area contributed by atoms with Crippen molar-refractivity contribution in [1.29, 1.82) is 0 Å². The van der Waals surface area contributed by atoms with E-state index in [9.17, 15) is 19.2 Å². The van der Waals surface area contributed by atoms with Gasteiger partial charge in [-0.15, -0.1) is 0 Å². The summed E-state index contributed by atoms with van der Waals surface area (Å²) in [5, 5.41) is 0. The van der Waals surface area contributed by atoms with Crippen molar-refractivity contribution in [2.24, 2.45) is 0 Å². The minimum absolute atomic E-state index is 0.214. The molecule has 154 valence electrons. The third-order valence-electron chi connectivity index (χ3n) is 4.68. The molecule has 30 heavy (non-hydrogen) atoms. The number of carbonyl (C=O) groups excluding carboxylic acids is 4. The van der Waals surface area contributed by atoms with Crippen LogP contribution in [0.25, 0.3) is 0 Å². The number of likely N-dealkylation sites (N-methyl/N-ethyl adjacent to an activating group) is 1. The summed E-state index contributed by atoms with van der Waals surface area (Å²) in [7, 11) is 0. The lowest BCUT2D eigenvalue weighted by atomic mass is 10.1. The third kappa shape index (κ3) is 4.15. The molecule has 0 N–H and O–H groups in total. The van der Waals surface area contributed by atoms with Crippen molar-refractivity contribution in [3.05, 3.63) is 77.4 Å². The second-order valence-electron chi connectivity index (χ2n) is 6.98. The predicted octanol–water partition coefficient (Wildman–Crippen LogP) is 3.07. The van der Waals surface area contributed by atoms with E-state index >= 15 is 0 Å². The fourth-order valence-electron chi connectivity index (χ4n) is 3.17. The van der Waals surface area contributed by atoms with Crippen LogP contribution in [0, 0.1) is 0 Å². The van der Waals surface area contributed by atoms with Gasteiger partial charge in [0.25, 0.3) is 17.7 Å². The summed E-state index contributed by atoms with van der Waals surface area (Å²) in [6, 6.07) is 12.5. The fraction of sp³-hybridized carbons (Fsp3) is 0.217. The van der Waals surface area contributed by atoms with E-state index in [1.807, 2.05) is 13.8 Å². The molecule has 0 radical (unpaired) electrons. The molecule has 0 spiro atoms. The zero-order chi connectivity index (χ0) is 21.8. The smallest absolute Gasteiger partial charge is 0.338 e. The monoisotopic (exact) mass is 406 g/mol. The Morgan fingerprint density at radius 2 is 1.57 bits per heavy atom. The predicted molar refractivity (Wildman–Crippen MR) is 111 cm³/mol. The van der Waals surface area contributed by atoms with E-state index in [0.29, 0.717) is 29.9 Å². The average molecular weight is 406 g/mol. The van der Waals surface area contributed by atoms with Gasteiger partial charge in [-0.2, -0.15) is 0 Å². The Kier molecular flexibility index (Phi) is 6.11. The molecule has 7 nitrogen and oxygen atoms in total. The minimum atomic E-state index is -0.663. The number of imide groups is 1. The van der Waals surface area contributed by atoms with Gasteiger partial charge in [0.1, 0.15) is 0 Å². The average Bonchev–Trinajstić information content (AvgIpc) is 3.00. The van der Waals surface area contributed by atoms with Crippen molar-refractivity contribution in [1.82, 2.24) is 4.90 Å². The number of nitrogens with zero attached hydrogens (tertiary/aromatic N) is 2. The Balaban J connectivity index is 1.65. The summed E-state index contributed by atoms with van der Waals surface area (Å²) < 4.78 is 5.11. The zero-order valence-electron chi connectivity index (χ0n) is 16.9. The van der Waals surface area contributed by atoms with Gasteiger partial charge in [-0.25, -0.2) is 9.69 Å². The number of fused-ring (bicyclic) bond motifs is 1. The van der Waals surface area contributed by atoms with Gasteiger partial charge >= 0.3 is 5.97 Å². The van der Waals surface area contributed by atoms with Gasteiger partial charge in [0, 0.05) is 13.1 Å². The number of anilines is 1. The van der Waals surface area contributed by atoms with E-state index in [-0.39, 0.29) is 18.1 Å². The number of esters is 1. The first-order chi connectivity index (χ1) is 14.3. The number of ether oxygens (including phenoxy) is 1. The number of rotatable bonds is 7. The van der Waals surface area contributed by atoms with Crippen LogP contribution >= 0.6 is 0 Å². The van der Waals surface area contributed by atoms with Crippen molar-refractivity contribution in [2.45, 2.75) is 13.8 Å². The van der Waals surface area contributed by atoms with Crippen LogP contribution in [0.2, 0.25) is 0 Å². The maximum absolute atomic E-state index is 12.5. The Morgan fingerprint density at radius 3 is 2.07 bits per heavy atom. The molecule has 1 aliphatic heterocycles. The standard InChI is InChI=1S/C23H22N2O5/c1-4-24(13-15(2)3)20(26)14-30-23(29)16-9-11-17(12-10-16)25-21(27)18-7-5-6-8-19(18)22(25)28/h5-12H,2,4,13-14H2,1,3H3. The number of benzene rings is 2. The summed E-state index contributed by atoms with van der Waals surface area (Å²) in [5.74, 6) is -1.79. The van der Waals surface area contributed by atoms with Crippen molar-refractivity contribution in [3.8, 4) is 0 Å². The fourth-order valence-corrected chi connectivity index (χ4v) is 3.17. The summed E-state index contributed by atoms with van der Waals surface area (Å²) in [6.07, 6.45) is 0. The van der Waals surface area contributed by atoms with Crippen molar-refractivity contribution < 1.29 is 23.9 Å². The van der Waals surface area contributed by atoms with Crippen LogP contribution in [0.1, 0.15) is 44.9 Å². The molecule has 3 amide bonds. The number of hydrogen-bond donors (Lipinski definition) is 0. The highest BCUT2D eigenvalue weighted by Gasteiger charge is 2.36. The molecule has 0 saturated heterocycles. The van der Waals surface area contributed by atoms with Crippen LogP contribution < -0.4 is 4.90 Å². The van der Waals surface area contributed by atoms with E-state index < -0.39 is 17.8 Å². The van der Waals surface area contributed by atoms with Gasteiger partial charge in [0.2, 0.25) is 0 Å². The Hall–Kier alpha value is -3.74. The van der Waals surface area contributed by atoms with Crippen molar-refractivity contribution in [2.75, 3.05) is 24.6 Å². The third-order valence-corrected chi connectivity index (χ3v) is 4.68. The highest BCUT2D eigenvalue weighted by molar-refractivity contribution is 6.34. The molecule has 7 heteroatoms. The Morgan fingerprint density at radius 1 is 1.00 bits per heavy atom. The second kappa shape index (κ2) is 8.73. The molecule has 0 bridgehead atoms. The van der Waals surface area contributed by atoms with E-state index in [1.165, 1.54) is 24.3 Å². The van der Waals surface area contributed by atoms with Crippen LogP contribution in [0.15, 0.2) is 60.7 Å². The van der Waals surface area contributed by atoms with E-state index in [4.69, 9.17) is 4.74 Å². The lowest BCUT2D eigenvalue weighted by Crippen LogP contribution is -2.35. The molecule has 0 atom stereocenters. The number of hydrogen-bond acceptors (Lipinski definition) is 5. The van der Waals surface area contributed by atoms with Crippen LogP contribution in [0.3, 0.4) is 0 Å². The second-order valence-corrected chi connectivity index (χ2v) is 6.98. The number of carbonyl (C=O) groups is 4. The summed E-state index contributed by atoms with van der Waals surface area (Å²) in [6.45, 7) is 7.94. The van der Waals surface area contributed by atoms with Crippen molar-refractivity contribution >= 4 is 29.4 Å². The molecule has 1 aliphatic rings. The molecule has 2 aromatic rings. The first-order valence-electron chi connectivity index (χ1n) is 9.50. The van der Waals surface area contributed by atoms with Gasteiger partial charge in [-0.1, -0.05) is 24.3 Å². The van der Waals surface area contributed by atoms with Crippen LogP contribution in [0.5, 0.6) is 0 Å². The highest BCUT2D eigenvalue weighted by atomic mass is 16.5. The normalized spacial score (nSPS) is 12.5. The first kappa shape index (κ1) is 21.0. The van der Waals surface area contributed by atoms with Gasteiger partial charge < -0.3 is 9.64 Å².